The average Bonchev–Trinajstić information content (AvgIpc) is 2.29. The van der Waals surface area contributed by atoms with Gasteiger partial charge >= 0.3 is 0 Å². The van der Waals surface area contributed by atoms with Crippen molar-refractivity contribution in [2.45, 2.75) is 39.4 Å². The lowest BCUT2D eigenvalue weighted by Gasteiger charge is -2.14. The molecule has 1 aromatic heterocycles. The maximum atomic E-state index is 8.97. The van der Waals surface area contributed by atoms with Gasteiger partial charge in [-0.05, 0) is 19.4 Å². The van der Waals surface area contributed by atoms with E-state index in [1.807, 2.05) is 6.92 Å². The third-order valence-corrected chi connectivity index (χ3v) is 2.10. The second-order valence-corrected chi connectivity index (χ2v) is 3.30. The van der Waals surface area contributed by atoms with Crippen molar-refractivity contribution in [3.8, 4) is 0 Å². The molecule has 0 spiro atoms. The zero-order valence-electron chi connectivity index (χ0n) is 9.31. The second kappa shape index (κ2) is 6.48. The number of hydrogen-bond acceptors (Lipinski definition) is 4. The molecule has 1 rings (SSSR count). The van der Waals surface area contributed by atoms with E-state index in [-0.39, 0.29) is 12.7 Å². The first-order valence-electron chi connectivity index (χ1n) is 5.36. The molecule has 1 aromatic rings. The van der Waals surface area contributed by atoms with E-state index in [0.29, 0.717) is 18.1 Å². The summed E-state index contributed by atoms with van der Waals surface area (Å²) in [7, 11) is 0. The van der Waals surface area contributed by atoms with Gasteiger partial charge in [0.15, 0.2) is 5.82 Å². The fraction of sp³-hybridized carbons (Fsp3) is 0.636. The Bertz CT molecular complexity index is 286. The van der Waals surface area contributed by atoms with Crippen LogP contribution in [0.3, 0.4) is 0 Å². The molecule has 0 bridgehead atoms. The molecule has 0 aliphatic heterocycles. The number of aromatic nitrogens is 2. The van der Waals surface area contributed by atoms with Crippen LogP contribution in [0.4, 0.5) is 0 Å². The van der Waals surface area contributed by atoms with E-state index in [0.717, 1.165) is 12.8 Å². The minimum atomic E-state index is -0.0551. The Hall–Kier alpha value is -1.00. The molecule has 0 fully saturated rings. The molecule has 15 heavy (non-hydrogen) atoms. The van der Waals surface area contributed by atoms with Gasteiger partial charge in [0.2, 0.25) is 0 Å². The summed E-state index contributed by atoms with van der Waals surface area (Å²) in [6.07, 6.45) is 3.54. The topological polar surface area (TPSA) is 55.2 Å². The Kier molecular flexibility index (Phi) is 5.21. The van der Waals surface area contributed by atoms with Crippen LogP contribution in [0, 0.1) is 0 Å². The molecule has 1 atom stereocenters. The van der Waals surface area contributed by atoms with Crippen LogP contribution in [0.2, 0.25) is 0 Å². The Morgan fingerprint density at radius 3 is 2.87 bits per heavy atom. The highest BCUT2D eigenvalue weighted by Gasteiger charge is 2.13. The van der Waals surface area contributed by atoms with E-state index in [2.05, 4.69) is 16.9 Å². The molecule has 1 heterocycles. The van der Waals surface area contributed by atoms with Crippen LogP contribution in [0.15, 0.2) is 12.3 Å². The van der Waals surface area contributed by atoms with Crippen LogP contribution in [0.1, 0.15) is 44.3 Å². The molecule has 4 nitrogen and oxygen atoms in total. The Morgan fingerprint density at radius 1 is 1.47 bits per heavy atom. The fourth-order valence-corrected chi connectivity index (χ4v) is 1.41. The SMILES string of the molecule is CCCC(OCC)c1nccc(CO)n1. The zero-order valence-corrected chi connectivity index (χ0v) is 9.31. The van der Waals surface area contributed by atoms with Crippen molar-refractivity contribution in [1.29, 1.82) is 0 Å². The van der Waals surface area contributed by atoms with Gasteiger partial charge in [-0.1, -0.05) is 13.3 Å². The highest BCUT2D eigenvalue weighted by molar-refractivity contribution is 5.03. The Balaban J connectivity index is 2.79. The molecule has 4 heteroatoms. The van der Waals surface area contributed by atoms with Gasteiger partial charge in [-0.2, -0.15) is 0 Å². The van der Waals surface area contributed by atoms with Crippen molar-refractivity contribution in [2.75, 3.05) is 6.61 Å². The van der Waals surface area contributed by atoms with Gasteiger partial charge in [0, 0.05) is 12.8 Å². The summed E-state index contributed by atoms with van der Waals surface area (Å²) in [5.41, 5.74) is 0.640. The molecule has 0 aliphatic rings. The molecule has 0 amide bonds. The minimum absolute atomic E-state index is 0.0495. The Labute approximate surface area is 90.3 Å². The summed E-state index contributed by atoms with van der Waals surface area (Å²) in [5.74, 6) is 0.672. The molecule has 1 unspecified atom stereocenters. The van der Waals surface area contributed by atoms with E-state index >= 15 is 0 Å². The van der Waals surface area contributed by atoms with E-state index < -0.39 is 0 Å². The molecular formula is C11H18N2O2. The van der Waals surface area contributed by atoms with Crippen LogP contribution in [0.25, 0.3) is 0 Å². The summed E-state index contributed by atoms with van der Waals surface area (Å²) in [6.45, 7) is 4.65. The molecule has 0 aliphatic carbocycles. The van der Waals surface area contributed by atoms with Crippen molar-refractivity contribution in [3.05, 3.63) is 23.8 Å². The first-order valence-corrected chi connectivity index (χ1v) is 5.36. The summed E-state index contributed by atoms with van der Waals surface area (Å²) in [4.78, 5) is 8.42. The van der Waals surface area contributed by atoms with Crippen LogP contribution < -0.4 is 0 Å². The second-order valence-electron chi connectivity index (χ2n) is 3.30. The van der Waals surface area contributed by atoms with E-state index in [9.17, 15) is 0 Å². The van der Waals surface area contributed by atoms with E-state index in [1.54, 1.807) is 12.3 Å². The number of rotatable bonds is 6. The van der Waals surface area contributed by atoms with E-state index in [4.69, 9.17) is 9.84 Å². The summed E-state index contributed by atoms with van der Waals surface area (Å²) in [5, 5.41) is 8.97. The maximum Gasteiger partial charge on any atom is 0.157 e. The predicted octanol–water partition coefficient (Wildman–Crippen LogP) is 1.85. The molecule has 1 N–H and O–H groups in total. The van der Waals surface area contributed by atoms with Crippen molar-refractivity contribution in [2.24, 2.45) is 0 Å². The Morgan fingerprint density at radius 2 is 2.27 bits per heavy atom. The molecule has 0 aromatic carbocycles. The van der Waals surface area contributed by atoms with Gasteiger partial charge in [0.05, 0.1) is 12.3 Å². The number of aliphatic hydroxyl groups excluding tert-OH is 1. The minimum Gasteiger partial charge on any atom is -0.390 e. The zero-order chi connectivity index (χ0) is 11.1. The highest BCUT2D eigenvalue weighted by atomic mass is 16.5. The van der Waals surface area contributed by atoms with Crippen LogP contribution in [-0.2, 0) is 11.3 Å². The monoisotopic (exact) mass is 210 g/mol. The lowest BCUT2D eigenvalue weighted by Crippen LogP contribution is -2.09. The number of nitrogens with zero attached hydrogens (tertiary/aromatic N) is 2. The largest absolute Gasteiger partial charge is 0.390 e. The number of ether oxygens (including phenoxy) is 1. The van der Waals surface area contributed by atoms with Crippen molar-refractivity contribution in [3.63, 3.8) is 0 Å². The van der Waals surface area contributed by atoms with Crippen molar-refractivity contribution < 1.29 is 9.84 Å². The normalized spacial score (nSPS) is 12.7. The van der Waals surface area contributed by atoms with Crippen molar-refractivity contribution in [1.82, 2.24) is 9.97 Å². The number of hydrogen-bond donors (Lipinski definition) is 1. The molecule has 84 valence electrons. The van der Waals surface area contributed by atoms with Crippen LogP contribution in [0.5, 0.6) is 0 Å². The van der Waals surface area contributed by atoms with Gasteiger partial charge < -0.3 is 9.84 Å². The number of aliphatic hydroxyl groups is 1. The average molecular weight is 210 g/mol. The molecule has 0 radical (unpaired) electrons. The standard InChI is InChI=1S/C11H18N2O2/c1-3-5-10(15-4-2)11-12-7-6-9(8-14)13-11/h6-7,10,14H,3-5,8H2,1-2H3. The van der Waals surface area contributed by atoms with Crippen LogP contribution in [-0.4, -0.2) is 21.7 Å². The highest BCUT2D eigenvalue weighted by Crippen LogP contribution is 2.18. The van der Waals surface area contributed by atoms with E-state index in [1.165, 1.54) is 0 Å². The van der Waals surface area contributed by atoms with Gasteiger partial charge in [-0.25, -0.2) is 9.97 Å². The summed E-state index contributed by atoms with van der Waals surface area (Å²) >= 11 is 0. The lowest BCUT2D eigenvalue weighted by molar-refractivity contribution is 0.0490. The molecule has 0 saturated carbocycles. The van der Waals surface area contributed by atoms with Gasteiger partial charge in [0.25, 0.3) is 0 Å². The third-order valence-electron chi connectivity index (χ3n) is 2.10. The lowest BCUT2D eigenvalue weighted by atomic mass is 10.2. The molecule has 0 saturated heterocycles. The van der Waals surface area contributed by atoms with Gasteiger partial charge in [-0.3, -0.25) is 0 Å². The smallest absolute Gasteiger partial charge is 0.157 e. The third kappa shape index (κ3) is 3.57. The fourth-order valence-electron chi connectivity index (χ4n) is 1.41. The van der Waals surface area contributed by atoms with Crippen molar-refractivity contribution >= 4 is 0 Å². The van der Waals surface area contributed by atoms with Crippen LogP contribution >= 0.6 is 0 Å². The first kappa shape index (κ1) is 12.1. The summed E-state index contributed by atoms with van der Waals surface area (Å²) < 4.78 is 5.56. The molecular weight excluding hydrogens is 192 g/mol. The first-order chi connectivity index (χ1) is 7.31. The van der Waals surface area contributed by atoms with Gasteiger partial charge in [-0.15, -0.1) is 0 Å². The van der Waals surface area contributed by atoms with Gasteiger partial charge in [0.1, 0.15) is 6.10 Å². The maximum absolute atomic E-state index is 8.97. The predicted molar refractivity (Wildman–Crippen MR) is 57.2 cm³/mol. The summed E-state index contributed by atoms with van der Waals surface area (Å²) in [6, 6.07) is 1.71. The quantitative estimate of drug-likeness (QED) is 0.778.